The highest BCUT2D eigenvalue weighted by Gasteiger charge is 2.13. The Kier molecular flexibility index (Phi) is 6.40. The minimum Gasteiger partial charge on any atom is -0.208 e. The van der Waals surface area contributed by atoms with Crippen LogP contribution in [0.5, 0.6) is 0 Å². The molecule has 0 aliphatic heterocycles. The molecule has 0 spiro atoms. The van der Waals surface area contributed by atoms with E-state index in [1.54, 1.807) is 0 Å². The van der Waals surface area contributed by atoms with Crippen LogP contribution >= 0.6 is 15.9 Å². The first-order chi connectivity index (χ1) is 18.2. The summed E-state index contributed by atoms with van der Waals surface area (Å²) in [5, 5.41) is 0. The zero-order valence-electron chi connectivity index (χ0n) is 19.9. The lowest BCUT2D eigenvalue weighted by atomic mass is 10.0. The van der Waals surface area contributed by atoms with Gasteiger partial charge >= 0.3 is 0 Å². The normalized spacial score (nSPS) is 10.8. The second-order valence-corrected chi connectivity index (χ2v) is 9.62. The van der Waals surface area contributed by atoms with Gasteiger partial charge < -0.3 is 0 Å². The Morgan fingerprint density at radius 1 is 0.324 bits per heavy atom. The van der Waals surface area contributed by atoms with Gasteiger partial charge in [0.25, 0.3) is 0 Å². The summed E-state index contributed by atoms with van der Waals surface area (Å²) in [6.45, 7) is 0. The van der Waals surface area contributed by atoms with Crippen molar-refractivity contribution < 1.29 is 0 Å². The van der Waals surface area contributed by atoms with Crippen molar-refractivity contribution in [3.63, 3.8) is 0 Å². The van der Waals surface area contributed by atoms with E-state index in [1.165, 1.54) is 5.56 Å². The third kappa shape index (κ3) is 5.11. The molecule has 0 N–H and O–H groups in total. The van der Waals surface area contributed by atoms with Crippen LogP contribution in [0.2, 0.25) is 0 Å². The molecule has 3 nitrogen and oxygen atoms in total. The van der Waals surface area contributed by atoms with Crippen molar-refractivity contribution in [2.24, 2.45) is 0 Å². The maximum absolute atomic E-state index is 4.92. The lowest BCUT2D eigenvalue weighted by Crippen LogP contribution is -2.00. The van der Waals surface area contributed by atoms with Crippen molar-refractivity contribution >= 4 is 15.9 Å². The zero-order chi connectivity index (χ0) is 25.0. The molecule has 5 aromatic carbocycles. The van der Waals surface area contributed by atoms with E-state index in [4.69, 9.17) is 15.0 Å². The Hall–Kier alpha value is -4.41. The van der Waals surface area contributed by atoms with E-state index < -0.39 is 0 Å². The summed E-state index contributed by atoms with van der Waals surface area (Å²) >= 11 is 3.52. The van der Waals surface area contributed by atoms with Crippen LogP contribution in [-0.2, 0) is 0 Å². The smallest absolute Gasteiger partial charge is 0.164 e. The van der Waals surface area contributed by atoms with Gasteiger partial charge in [-0.05, 0) is 40.5 Å². The molecular weight excluding hydrogens is 518 g/mol. The van der Waals surface area contributed by atoms with E-state index in [9.17, 15) is 0 Å². The standard InChI is InChI=1S/C33H22BrN3/c34-30-20-18-25(19-21-30)28-12-7-13-29(22-28)33-36-31(26-10-5-2-6-11-26)35-32(37-33)27-16-14-24(15-17-27)23-8-3-1-4-9-23/h1-22H. The molecule has 0 saturated heterocycles. The van der Waals surface area contributed by atoms with Crippen molar-refractivity contribution in [3.8, 4) is 56.4 Å². The Morgan fingerprint density at radius 3 is 1.32 bits per heavy atom. The molecule has 0 radical (unpaired) electrons. The van der Waals surface area contributed by atoms with E-state index in [-0.39, 0.29) is 0 Å². The van der Waals surface area contributed by atoms with Crippen molar-refractivity contribution in [1.29, 1.82) is 0 Å². The number of halogens is 1. The Labute approximate surface area is 224 Å². The fraction of sp³-hybridized carbons (Fsp3) is 0. The number of hydrogen-bond acceptors (Lipinski definition) is 3. The minimum absolute atomic E-state index is 0.648. The summed E-state index contributed by atoms with van der Waals surface area (Å²) in [6, 6.07) is 45.4. The maximum Gasteiger partial charge on any atom is 0.164 e. The molecule has 0 fully saturated rings. The number of hydrogen-bond donors (Lipinski definition) is 0. The number of rotatable bonds is 5. The zero-order valence-corrected chi connectivity index (χ0v) is 21.5. The molecule has 0 amide bonds. The maximum atomic E-state index is 4.92. The molecule has 6 rings (SSSR count). The SMILES string of the molecule is Brc1ccc(-c2cccc(-c3nc(-c4ccccc4)nc(-c4ccc(-c5ccccc5)cc4)n3)c2)cc1. The van der Waals surface area contributed by atoms with E-state index in [1.807, 2.05) is 42.5 Å². The predicted octanol–water partition coefficient (Wildman–Crippen LogP) is 8.97. The predicted molar refractivity (Wildman–Crippen MR) is 155 cm³/mol. The Bertz CT molecular complexity index is 1650. The highest BCUT2D eigenvalue weighted by atomic mass is 79.9. The molecule has 0 atom stereocenters. The average molecular weight is 540 g/mol. The third-order valence-electron chi connectivity index (χ3n) is 6.22. The van der Waals surface area contributed by atoms with Gasteiger partial charge in [0.15, 0.2) is 17.5 Å². The first-order valence-electron chi connectivity index (χ1n) is 12.1. The molecule has 0 unspecified atom stereocenters. The molecule has 1 heterocycles. The van der Waals surface area contributed by atoms with Crippen LogP contribution in [0, 0.1) is 0 Å². The van der Waals surface area contributed by atoms with Gasteiger partial charge in [0, 0.05) is 21.2 Å². The fourth-order valence-electron chi connectivity index (χ4n) is 4.27. The summed E-state index contributed by atoms with van der Waals surface area (Å²) in [6.07, 6.45) is 0. The lowest BCUT2D eigenvalue weighted by molar-refractivity contribution is 1.07. The summed E-state index contributed by atoms with van der Waals surface area (Å²) in [5.41, 5.74) is 7.44. The average Bonchev–Trinajstić information content (AvgIpc) is 2.98. The van der Waals surface area contributed by atoms with E-state index in [0.29, 0.717) is 17.5 Å². The fourth-order valence-corrected chi connectivity index (χ4v) is 4.54. The summed E-state index contributed by atoms with van der Waals surface area (Å²) in [5.74, 6) is 1.95. The van der Waals surface area contributed by atoms with Crippen LogP contribution < -0.4 is 0 Å². The van der Waals surface area contributed by atoms with Gasteiger partial charge in [0.05, 0.1) is 0 Å². The molecule has 6 aromatic rings. The second-order valence-electron chi connectivity index (χ2n) is 8.70. The van der Waals surface area contributed by atoms with Gasteiger partial charge in [-0.25, -0.2) is 15.0 Å². The van der Waals surface area contributed by atoms with Gasteiger partial charge in [-0.1, -0.05) is 131 Å². The van der Waals surface area contributed by atoms with E-state index in [0.717, 1.165) is 37.9 Å². The highest BCUT2D eigenvalue weighted by Crippen LogP contribution is 2.29. The van der Waals surface area contributed by atoms with Crippen molar-refractivity contribution in [1.82, 2.24) is 15.0 Å². The van der Waals surface area contributed by atoms with Crippen molar-refractivity contribution in [2.45, 2.75) is 0 Å². The Morgan fingerprint density at radius 2 is 0.703 bits per heavy atom. The van der Waals surface area contributed by atoms with Crippen molar-refractivity contribution in [3.05, 3.63) is 138 Å². The molecular formula is C33H22BrN3. The van der Waals surface area contributed by atoms with Crippen LogP contribution in [0.3, 0.4) is 0 Å². The summed E-state index contributed by atoms with van der Waals surface area (Å²) < 4.78 is 1.06. The van der Waals surface area contributed by atoms with E-state index in [2.05, 4.69) is 107 Å². The number of aromatic nitrogens is 3. The van der Waals surface area contributed by atoms with Crippen LogP contribution in [0.1, 0.15) is 0 Å². The van der Waals surface area contributed by atoms with Gasteiger partial charge in [0.1, 0.15) is 0 Å². The topological polar surface area (TPSA) is 38.7 Å². The molecule has 4 heteroatoms. The highest BCUT2D eigenvalue weighted by molar-refractivity contribution is 9.10. The minimum atomic E-state index is 0.648. The van der Waals surface area contributed by atoms with E-state index >= 15 is 0 Å². The second kappa shape index (κ2) is 10.3. The lowest BCUT2D eigenvalue weighted by Gasteiger charge is -2.10. The van der Waals surface area contributed by atoms with Crippen molar-refractivity contribution in [2.75, 3.05) is 0 Å². The quantitative estimate of drug-likeness (QED) is 0.219. The monoisotopic (exact) mass is 539 g/mol. The van der Waals surface area contributed by atoms with Crippen LogP contribution in [0.25, 0.3) is 56.4 Å². The third-order valence-corrected chi connectivity index (χ3v) is 6.74. The van der Waals surface area contributed by atoms with Crippen LogP contribution in [0.4, 0.5) is 0 Å². The first-order valence-corrected chi connectivity index (χ1v) is 12.9. The summed E-state index contributed by atoms with van der Waals surface area (Å²) in [4.78, 5) is 14.7. The molecule has 0 aliphatic carbocycles. The van der Waals surface area contributed by atoms with Gasteiger partial charge in [-0.15, -0.1) is 0 Å². The molecule has 1 aromatic heterocycles. The molecule has 37 heavy (non-hydrogen) atoms. The summed E-state index contributed by atoms with van der Waals surface area (Å²) in [7, 11) is 0. The largest absolute Gasteiger partial charge is 0.208 e. The first kappa shape index (κ1) is 23.0. The molecule has 0 bridgehead atoms. The van der Waals surface area contributed by atoms with Gasteiger partial charge in [-0.3, -0.25) is 0 Å². The van der Waals surface area contributed by atoms with Gasteiger partial charge in [-0.2, -0.15) is 0 Å². The molecule has 176 valence electrons. The Balaban J connectivity index is 1.44. The molecule has 0 saturated carbocycles. The van der Waals surface area contributed by atoms with Crippen LogP contribution in [-0.4, -0.2) is 15.0 Å². The number of benzene rings is 5. The van der Waals surface area contributed by atoms with Crippen LogP contribution in [0.15, 0.2) is 138 Å². The van der Waals surface area contributed by atoms with Gasteiger partial charge in [0.2, 0.25) is 0 Å². The molecule has 0 aliphatic rings. The number of nitrogens with zero attached hydrogens (tertiary/aromatic N) is 3.